The molecule has 2 heterocycles. The van der Waals surface area contributed by atoms with Gasteiger partial charge in [-0.1, -0.05) is 35.9 Å². The molecule has 1 N–H and O–H groups in total. The summed E-state index contributed by atoms with van der Waals surface area (Å²) < 4.78 is 27.6. The second-order valence-corrected chi connectivity index (χ2v) is 9.98. The molecule has 1 atom stereocenters. The van der Waals surface area contributed by atoms with Crippen LogP contribution in [0.2, 0.25) is 5.02 Å². The van der Waals surface area contributed by atoms with Crippen molar-refractivity contribution < 1.29 is 13.5 Å². The Hall–Kier alpha value is -1.44. The highest BCUT2D eigenvalue weighted by molar-refractivity contribution is 7.89. The summed E-state index contributed by atoms with van der Waals surface area (Å²) in [6.07, 6.45) is 2.20. The van der Waals surface area contributed by atoms with E-state index in [1.54, 1.807) is 16.4 Å². The molecule has 2 aromatic carbocycles. The molecule has 0 spiro atoms. The fraction of sp³-hybridized carbons (Fsp3) is 0.429. The van der Waals surface area contributed by atoms with Crippen LogP contribution >= 0.6 is 11.6 Å². The molecule has 2 saturated heterocycles. The van der Waals surface area contributed by atoms with E-state index in [1.807, 2.05) is 36.4 Å². The molecular formula is C21H25ClN2O3S. The van der Waals surface area contributed by atoms with Gasteiger partial charge in [-0.25, -0.2) is 8.42 Å². The van der Waals surface area contributed by atoms with Gasteiger partial charge < -0.3 is 5.11 Å². The SMILES string of the molecule is O=S(=O)(c1ccc(-c2cccc(Cl)c2)cc1)N1CCC(N2CC[C@@H](O)C2)CC1. The van der Waals surface area contributed by atoms with E-state index in [0.29, 0.717) is 35.6 Å². The van der Waals surface area contributed by atoms with Crippen molar-refractivity contribution in [2.24, 2.45) is 0 Å². The number of hydrogen-bond donors (Lipinski definition) is 1. The number of aliphatic hydroxyl groups excluding tert-OH is 1. The first-order valence-electron chi connectivity index (χ1n) is 9.72. The highest BCUT2D eigenvalue weighted by Gasteiger charge is 2.34. The summed E-state index contributed by atoms with van der Waals surface area (Å²) in [5.74, 6) is 0. The maximum atomic E-state index is 13.0. The van der Waals surface area contributed by atoms with Crippen molar-refractivity contribution in [1.82, 2.24) is 9.21 Å². The third kappa shape index (κ3) is 4.11. The van der Waals surface area contributed by atoms with E-state index in [1.165, 1.54) is 0 Å². The van der Waals surface area contributed by atoms with Crippen molar-refractivity contribution in [3.8, 4) is 11.1 Å². The number of aliphatic hydroxyl groups is 1. The molecule has 2 aliphatic rings. The molecule has 0 aromatic heterocycles. The van der Waals surface area contributed by atoms with Crippen molar-refractivity contribution >= 4 is 21.6 Å². The number of sulfonamides is 1. The first-order valence-corrected chi connectivity index (χ1v) is 11.5. The standard InChI is InChI=1S/C21H25ClN2O3S/c22-18-3-1-2-17(14-18)16-4-6-21(7-5-16)28(26,27)24-12-8-19(9-13-24)23-11-10-20(25)15-23/h1-7,14,19-20,25H,8-13,15H2/t20-/m1/s1. The number of hydrogen-bond acceptors (Lipinski definition) is 4. The number of piperidine rings is 1. The minimum atomic E-state index is -3.49. The molecule has 7 heteroatoms. The van der Waals surface area contributed by atoms with E-state index < -0.39 is 10.0 Å². The van der Waals surface area contributed by atoms with Crippen LogP contribution in [0.4, 0.5) is 0 Å². The number of likely N-dealkylation sites (tertiary alicyclic amines) is 1. The highest BCUT2D eigenvalue weighted by Crippen LogP contribution is 2.28. The van der Waals surface area contributed by atoms with Crippen molar-refractivity contribution in [2.45, 2.75) is 36.3 Å². The van der Waals surface area contributed by atoms with Crippen LogP contribution in [0.15, 0.2) is 53.4 Å². The van der Waals surface area contributed by atoms with Crippen LogP contribution < -0.4 is 0 Å². The van der Waals surface area contributed by atoms with Gasteiger partial charge in [0.15, 0.2) is 0 Å². The van der Waals surface area contributed by atoms with Crippen molar-refractivity contribution in [1.29, 1.82) is 0 Å². The van der Waals surface area contributed by atoms with Gasteiger partial charge in [-0.2, -0.15) is 4.31 Å². The van der Waals surface area contributed by atoms with Gasteiger partial charge >= 0.3 is 0 Å². The third-order valence-corrected chi connectivity index (χ3v) is 7.93. The van der Waals surface area contributed by atoms with Gasteiger partial charge in [0.2, 0.25) is 10.0 Å². The van der Waals surface area contributed by atoms with Gasteiger partial charge in [-0.3, -0.25) is 4.90 Å². The topological polar surface area (TPSA) is 60.9 Å². The summed E-state index contributed by atoms with van der Waals surface area (Å²) in [7, 11) is -3.49. The van der Waals surface area contributed by atoms with Crippen LogP contribution in [-0.4, -0.2) is 61.1 Å². The molecule has 0 amide bonds. The zero-order valence-corrected chi connectivity index (χ0v) is 17.2. The van der Waals surface area contributed by atoms with E-state index in [4.69, 9.17) is 11.6 Å². The Kier molecular flexibility index (Phi) is 5.76. The van der Waals surface area contributed by atoms with Gasteiger partial charge in [0.25, 0.3) is 0 Å². The smallest absolute Gasteiger partial charge is 0.243 e. The summed E-state index contributed by atoms with van der Waals surface area (Å²) in [4.78, 5) is 2.63. The fourth-order valence-electron chi connectivity index (χ4n) is 4.18. The predicted molar refractivity (Wildman–Crippen MR) is 111 cm³/mol. The van der Waals surface area contributed by atoms with E-state index in [0.717, 1.165) is 36.9 Å². The minimum absolute atomic E-state index is 0.236. The quantitative estimate of drug-likeness (QED) is 0.824. The van der Waals surface area contributed by atoms with E-state index in [9.17, 15) is 13.5 Å². The van der Waals surface area contributed by atoms with Gasteiger partial charge in [0.05, 0.1) is 11.0 Å². The van der Waals surface area contributed by atoms with Crippen molar-refractivity contribution in [2.75, 3.05) is 26.2 Å². The fourth-order valence-corrected chi connectivity index (χ4v) is 5.84. The summed E-state index contributed by atoms with van der Waals surface area (Å²) in [5.41, 5.74) is 1.90. The molecule has 150 valence electrons. The number of β-amino-alcohol motifs (C(OH)–C–C–N with tert-alkyl or cyclic N) is 1. The van der Waals surface area contributed by atoms with E-state index >= 15 is 0 Å². The average molecular weight is 421 g/mol. The van der Waals surface area contributed by atoms with E-state index in [-0.39, 0.29) is 6.10 Å². The van der Waals surface area contributed by atoms with Gasteiger partial charge in [0, 0.05) is 37.2 Å². The number of halogens is 1. The summed E-state index contributed by atoms with van der Waals surface area (Å²) in [5, 5.41) is 10.4. The number of nitrogens with zero attached hydrogens (tertiary/aromatic N) is 2. The molecule has 2 aromatic rings. The largest absolute Gasteiger partial charge is 0.392 e. The minimum Gasteiger partial charge on any atom is -0.392 e. The summed E-state index contributed by atoms with van der Waals surface area (Å²) in [6.45, 7) is 2.66. The van der Waals surface area contributed by atoms with Crippen LogP contribution in [0.1, 0.15) is 19.3 Å². The first-order chi connectivity index (χ1) is 13.4. The molecule has 2 aliphatic heterocycles. The number of benzene rings is 2. The Bertz CT molecular complexity index is 925. The third-order valence-electron chi connectivity index (χ3n) is 5.78. The van der Waals surface area contributed by atoms with Gasteiger partial charge in [-0.15, -0.1) is 0 Å². The van der Waals surface area contributed by atoms with Crippen LogP contribution in [0.3, 0.4) is 0 Å². The maximum absolute atomic E-state index is 13.0. The molecule has 4 rings (SSSR count). The normalized spacial score (nSPS) is 22.6. The molecular weight excluding hydrogens is 396 g/mol. The van der Waals surface area contributed by atoms with Crippen LogP contribution in [0.5, 0.6) is 0 Å². The molecule has 0 bridgehead atoms. The Labute approximate surface area is 171 Å². The van der Waals surface area contributed by atoms with Crippen molar-refractivity contribution in [3.05, 3.63) is 53.6 Å². The summed E-state index contributed by atoms with van der Waals surface area (Å²) >= 11 is 6.05. The lowest BCUT2D eigenvalue weighted by atomic mass is 10.1. The lowest BCUT2D eigenvalue weighted by molar-refractivity contribution is 0.132. The van der Waals surface area contributed by atoms with Crippen LogP contribution in [0, 0.1) is 0 Å². The lowest BCUT2D eigenvalue weighted by Crippen LogP contribution is -2.46. The van der Waals surface area contributed by atoms with E-state index in [2.05, 4.69) is 4.90 Å². The molecule has 0 unspecified atom stereocenters. The molecule has 0 radical (unpaired) electrons. The van der Waals surface area contributed by atoms with Crippen LogP contribution in [-0.2, 0) is 10.0 Å². The Morgan fingerprint density at radius 1 is 0.929 bits per heavy atom. The predicted octanol–water partition coefficient (Wildman–Crippen LogP) is 3.23. The second-order valence-electron chi connectivity index (χ2n) is 7.61. The van der Waals surface area contributed by atoms with Gasteiger partial charge in [-0.05, 0) is 54.7 Å². The Morgan fingerprint density at radius 3 is 2.25 bits per heavy atom. The highest BCUT2D eigenvalue weighted by atomic mass is 35.5. The average Bonchev–Trinajstić information content (AvgIpc) is 3.14. The molecule has 5 nitrogen and oxygen atoms in total. The molecule has 0 aliphatic carbocycles. The lowest BCUT2D eigenvalue weighted by Gasteiger charge is -2.36. The zero-order chi connectivity index (χ0) is 19.7. The van der Waals surface area contributed by atoms with Gasteiger partial charge in [0.1, 0.15) is 0 Å². The monoisotopic (exact) mass is 420 g/mol. The zero-order valence-electron chi connectivity index (χ0n) is 15.7. The Morgan fingerprint density at radius 2 is 1.64 bits per heavy atom. The second kappa shape index (κ2) is 8.13. The molecule has 0 saturated carbocycles. The van der Waals surface area contributed by atoms with Crippen LogP contribution in [0.25, 0.3) is 11.1 Å². The van der Waals surface area contributed by atoms with Crippen molar-refractivity contribution in [3.63, 3.8) is 0 Å². The molecule has 2 fully saturated rings. The first kappa shape index (κ1) is 19.9. The Balaban J connectivity index is 1.44. The summed E-state index contributed by atoms with van der Waals surface area (Å²) in [6, 6.07) is 14.9. The molecule has 28 heavy (non-hydrogen) atoms. The number of rotatable bonds is 4. The maximum Gasteiger partial charge on any atom is 0.243 e.